The Morgan fingerprint density at radius 1 is 1.33 bits per heavy atom. The van der Waals surface area contributed by atoms with E-state index < -0.39 is 17.4 Å². The van der Waals surface area contributed by atoms with Crippen LogP contribution in [-0.2, 0) is 9.59 Å². The highest BCUT2D eigenvalue weighted by Gasteiger charge is 2.40. The minimum absolute atomic E-state index is 0.133. The van der Waals surface area contributed by atoms with Crippen molar-refractivity contribution in [3.63, 3.8) is 0 Å². The maximum atomic E-state index is 11.2. The lowest BCUT2D eigenvalue weighted by atomic mass is 10.0. The molecule has 0 spiro atoms. The maximum absolute atomic E-state index is 11.2. The van der Waals surface area contributed by atoms with E-state index in [1.54, 1.807) is 13.8 Å². The van der Waals surface area contributed by atoms with Gasteiger partial charge in [0.25, 0.3) is 0 Å². The Morgan fingerprint density at radius 2 is 1.87 bits per heavy atom. The van der Waals surface area contributed by atoms with Gasteiger partial charge in [-0.25, -0.2) is 0 Å². The van der Waals surface area contributed by atoms with Gasteiger partial charge in [-0.1, -0.05) is 0 Å². The average molecular weight is 214 g/mol. The van der Waals surface area contributed by atoms with Crippen molar-refractivity contribution in [1.29, 1.82) is 0 Å². The lowest BCUT2D eigenvalue weighted by Gasteiger charge is -2.22. The van der Waals surface area contributed by atoms with Crippen molar-refractivity contribution < 1.29 is 14.7 Å². The van der Waals surface area contributed by atoms with Crippen LogP contribution in [0.25, 0.3) is 0 Å². The summed E-state index contributed by atoms with van der Waals surface area (Å²) >= 11 is 0. The monoisotopic (exact) mass is 214 g/mol. The second-order valence-electron chi connectivity index (χ2n) is 4.17. The first-order chi connectivity index (χ1) is 6.97. The predicted molar refractivity (Wildman–Crippen MR) is 55.0 cm³/mol. The number of hydrogen-bond acceptors (Lipinski definition) is 3. The molecule has 5 nitrogen and oxygen atoms in total. The molecule has 5 heteroatoms. The van der Waals surface area contributed by atoms with Crippen LogP contribution in [0.5, 0.6) is 0 Å². The van der Waals surface area contributed by atoms with Crippen molar-refractivity contribution in [2.75, 3.05) is 13.1 Å². The lowest BCUT2D eigenvalue weighted by Crippen LogP contribution is -2.47. The third kappa shape index (κ3) is 3.51. The van der Waals surface area contributed by atoms with Gasteiger partial charge in [0, 0.05) is 13.1 Å². The molecule has 1 aliphatic carbocycles. The fraction of sp³-hybridized carbons (Fsp3) is 0.800. The standard InChI is InChI=1S/C10H18N2O3/c1-3-11-8(13)9(14)12-6-10(2,15)7-4-5-7/h7,15H,3-6H2,1-2H3,(H,11,13)(H,12,14). The van der Waals surface area contributed by atoms with E-state index in [1.165, 1.54) is 0 Å². The minimum atomic E-state index is -0.887. The van der Waals surface area contributed by atoms with Crippen molar-refractivity contribution in [3.05, 3.63) is 0 Å². The highest BCUT2D eigenvalue weighted by Crippen LogP contribution is 2.38. The summed E-state index contributed by atoms with van der Waals surface area (Å²) in [6.07, 6.45) is 1.98. The highest BCUT2D eigenvalue weighted by atomic mass is 16.3. The van der Waals surface area contributed by atoms with E-state index in [1.807, 2.05) is 0 Å². The van der Waals surface area contributed by atoms with E-state index in [0.29, 0.717) is 6.54 Å². The molecule has 0 aromatic carbocycles. The van der Waals surface area contributed by atoms with Crippen LogP contribution < -0.4 is 10.6 Å². The van der Waals surface area contributed by atoms with Gasteiger partial charge < -0.3 is 15.7 Å². The van der Waals surface area contributed by atoms with Crippen LogP contribution in [-0.4, -0.2) is 35.6 Å². The van der Waals surface area contributed by atoms with Gasteiger partial charge in [-0.2, -0.15) is 0 Å². The molecule has 1 saturated carbocycles. The Labute approximate surface area is 89.2 Å². The van der Waals surface area contributed by atoms with Crippen LogP contribution in [0.3, 0.4) is 0 Å². The van der Waals surface area contributed by atoms with E-state index >= 15 is 0 Å². The minimum Gasteiger partial charge on any atom is -0.388 e. The quantitative estimate of drug-likeness (QED) is 0.547. The Hall–Kier alpha value is -1.10. The Morgan fingerprint density at radius 3 is 2.33 bits per heavy atom. The predicted octanol–water partition coefficient (Wildman–Crippen LogP) is -0.600. The molecule has 0 heterocycles. The molecule has 0 radical (unpaired) electrons. The average Bonchev–Trinajstić information content (AvgIpc) is 2.97. The molecule has 0 aromatic rings. The molecule has 0 aliphatic heterocycles. The third-order valence-corrected chi connectivity index (χ3v) is 2.61. The summed E-state index contributed by atoms with van der Waals surface area (Å²) < 4.78 is 0. The van der Waals surface area contributed by atoms with Crippen molar-refractivity contribution >= 4 is 11.8 Å². The summed E-state index contributed by atoms with van der Waals surface area (Å²) in [6.45, 7) is 3.98. The number of nitrogens with one attached hydrogen (secondary N) is 2. The van der Waals surface area contributed by atoms with Gasteiger partial charge >= 0.3 is 11.8 Å². The second kappa shape index (κ2) is 4.61. The number of likely N-dealkylation sites (N-methyl/N-ethyl adjacent to an activating group) is 1. The maximum Gasteiger partial charge on any atom is 0.309 e. The van der Waals surface area contributed by atoms with Crippen molar-refractivity contribution in [2.24, 2.45) is 5.92 Å². The number of amides is 2. The van der Waals surface area contributed by atoms with Crippen LogP contribution in [0, 0.1) is 5.92 Å². The van der Waals surface area contributed by atoms with E-state index in [2.05, 4.69) is 10.6 Å². The van der Waals surface area contributed by atoms with E-state index in [4.69, 9.17) is 0 Å². The Bertz CT molecular complexity index is 259. The van der Waals surface area contributed by atoms with Crippen molar-refractivity contribution in [1.82, 2.24) is 10.6 Å². The molecular weight excluding hydrogens is 196 g/mol. The zero-order chi connectivity index (χ0) is 11.5. The normalized spacial score (nSPS) is 19.1. The SMILES string of the molecule is CCNC(=O)C(=O)NCC(C)(O)C1CC1. The topological polar surface area (TPSA) is 78.4 Å². The summed E-state index contributed by atoms with van der Waals surface area (Å²) in [4.78, 5) is 22.2. The van der Waals surface area contributed by atoms with Gasteiger partial charge in [-0.05, 0) is 32.6 Å². The number of hydrogen-bond donors (Lipinski definition) is 3. The summed E-state index contributed by atoms with van der Waals surface area (Å²) in [5.74, 6) is -1.08. The Kier molecular flexibility index (Phi) is 3.68. The van der Waals surface area contributed by atoms with E-state index in [9.17, 15) is 14.7 Å². The summed E-state index contributed by atoms with van der Waals surface area (Å²) in [7, 11) is 0. The molecule has 2 amide bonds. The molecule has 1 unspecified atom stereocenters. The Balaban J connectivity index is 2.29. The smallest absolute Gasteiger partial charge is 0.309 e. The van der Waals surface area contributed by atoms with Gasteiger partial charge in [0.1, 0.15) is 0 Å². The van der Waals surface area contributed by atoms with Crippen LogP contribution in [0.1, 0.15) is 26.7 Å². The summed E-state index contributed by atoms with van der Waals surface area (Å²) in [6, 6.07) is 0. The van der Waals surface area contributed by atoms with Crippen LogP contribution in [0.4, 0.5) is 0 Å². The number of carbonyl (C=O) groups excluding carboxylic acids is 2. The van der Waals surface area contributed by atoms with E-state index in [0.717, 1.165) is 12.8 Å². The molecular formula is C10H18N2O3. The molecule has 86 valence electrons. The first kappa shape index (κ1) is 12.0. The lowest BCUT2D eigenvalue weighted by molar-refractivity contribution is -0.139. The van der Waals surface area contributed by atoms with E-state index in [-0.39, 0.29) is 12.5 Å². The van der Waals surface area contributed by atoms with Crippen molar-refractivity contribution in [3.8, 4) is 0 Å². The number of carbonyl (C=O) groups is 2. The molecule has 1 atom stereocenters. The molecule has 1 fully saturated rings. The zero-order valence-electron chi connectivity index (χ0n) is 9.17. The van der Waals surface area contributed by atoms with Crippen LogP contribution >= 0.6 is 0 Å². The van der Waals surface area contributed by atoms with Crippen molar-refractivity contribution in [2.45, 2.75) is 32.3 Å². The van der Waals surface area contributed by atoms with Gasteiger partial charge in [0.15, 0.2) is 0 Å². The molecule has 0 saturated heterocycles. The molecule has 0 bridgehead atoms. The van der Waals surface area contributed by atoms with Gasteiger partial charge in [-0.3, -0.25) is 9.59 Å². The van der Waals surface area contributed by atoms with Crippen LogP contribution in [0.2, 0.25) is 0 Å². The van der Waals surface area contributed by atoms with Crippen LogP contribution in [0.15, 0.2) is 0 Å². The van der Waals surface area contributed by atoms with Gasteiger partial charge in [0.05, 0.1) is 5.60 Å². The largest absolute Gasteiger partial charge is 0.388 e. The molecule has 1 aliphatic rings. The third-order valence-electron chi connectivity index (χ3n) is 2.61. The molecule has 1 rings (SSSR count). The first-order valence-electron chi connectivity index (χ1n) is 5.25. The fourth-order valence-corrected chi connectivity index (χ4v) is 1.43. The highest BCUT2D eigenvalue weighted by molar-refractivity contribution is 6.35. The zero-order valence-corrected chi connectivity index (χ0v) is 9.17. The summed E-state index contributed by atoms with van der Waals surface area (Å²) in [5, 5.41) is 14.7. The molecule has 0 aromatic heterocycles. The molecule has 15 heavy (non-hydrogen) atoms. The number of aliphatic hydroxyl groups is 1. The first-order valence-corrected chi connectivity index (χ1v) is 5.25. The van der Waals surface area contributed by atoms with Gasteiger partial charge in [0.2, 0.25) is 0 Å². The molecule has 3 N–H and O–H groups in total. The van der Waals surface area contributed by atoms with Gasteiger partial charge in [-0.15, -0.1) is 0 Å². The summed E-state index contributed by atoms with van der Waals surface area (Å²) in [5.41, 5.74) is -0.887. The second-order valence-corrected chi connectivity index (χ2v) is 4.17. The number of rotatable bonds is 4. The fourth-order valence-electron chi connectivity index (χ4n) is 1.43.